The van der Waals surface area contributed by atoms with E-state index in [4.69, 9.17) is 0 Å². The first-order valence-corrected chi connectivity index (χ1v) is 12.0. The van der Waals surface area contributed by atoms with E-state index in [1.807, 2.05) is 26.0 Å². The van der Waals surface area contributed by atoms with Gasteiger partial charge in [-0.1, -0.05) is 18.6 Å². The molecule has 192 valence electrons. The standard InChI is InChI=1S/C26H25F3N6O2/c1-14-10-11-30-19(12-14)24-34-22-20(35(24)13-16-6-8-18(9-7-16)26(27,28)29)21(32-23(33-22)25(36)37)31-15(2)17-4-3-5-17/h6-12,15,17H,3-5,13H2,1-2H3,(H,36,37)(H,31,32,33). The molecule has 1 unspecified atom stereocenters. The molecule has 8 nitrogen and oxygen atoms in total. The summed E-state index contributed by atoms with van der Waals surface area (Å²) < 4.78 is 41.1. The molecule has 5 rings (SSSR count). The molecule has 1 saturated carbocycles. The van der Waals surface area contributed by atoms with Gasteiger partial charge in [-0.05, 0) is 68.0 Å². The van der Waals surface area contributed by atoms with E-state index in [0.29, 0.717) is 34.3 Å². The van der Waals surface area contributed by atoms with Gasteiger partial charge in [0, 0.05) is 18.8 Å². The number of hydrogen-bond acceptors (Lipinski definition) is 6. The van der Waals surface area contributed by atoms with Gasteiger partial charge in [-0.25, -0.2) is 19.7 Å². The molecule has 0 amide bonds. The minimum Gasteiger partial charge on any atom is -0.475 e. The lowest BCUT2D eigenvalue weighted by Crippen LogP contribution is -2.31. The number of aromatic carboxylic acids is 1. The molecule has 0 saturated heterocycles. The molecule has 3 aromatic heterocycles. The first kappa shape index (κ1) is 24.7. The van der Waals surface area contributed by atoms with Gasteiger partial charge in [0.25, 0.3) is 0 Å². The zero-order valence-corrected chi connectivity index (χ0v) is 20.3. The highest BCUT2D eigenvalue weighted by atomic mass is 19.4. The van der Waals surface area contributed by atoms with Crippen molar-refractivity contribution in [3.05, 3.63) is 65.1 Å². The minimum absolute atomic E-state index is 0.0310. The van der Waals surface area contributed by atoms with Gasteiger partial charge in [-0.2, -0.15) is 13.2 Å². The maximum atomic E-state index is 13.1. The average molecular weight is 511 g/mol. The minimum atomic E-state index is -4.44. The fourth-order valence-electron chi connectivity index (χ4n) is 4.50. The van der Waals surface area contributed by atoms with Crippen molar-refractivity contribution >= 4 is 23.0 Å². The second-order valence-electron chi connectivity index (χ2n) is 9.43. The van der Waals surface area contributed by atoms with Gasteiger partial charge in [0.05, 0.1) is 5.56 Å². The van der Waals surface area contributed by atoms with Crippen LogP contribution in [0, 0.1) is 12.8 Å². The molecule has 0 bridgehead atoms. The van der Waals surface area contributed by atoms with Gasteiger partial charge in [-0.15, -0.1) is 0 Å². The van der Waals surface area contributed by atoms with Gasteiger partial charge in [0.2, 0.25) is 5.82 Å². The average Bonchev–Trinajstić information content (AvgIpc) is 3.16. The second kappa shape index (κ2) is 9.45. The number of alkyl halides is 3. The molecule has 1 aliphatic carbocycles. The highest BCUT2D eigenvalue weighted by molar-refractivity contribution is 5.92. The number of fused-ring (bicyclic) bond motifs is 1. The summed E-state index contributed by atoms with van der Waals surface area (Å²) in [5, 5.41) is 13.0. The van der Waals surface area contributed by atoms with Crippen molar-refractivity contribution < 1.29 is 23.1 Å². The van der Waals surface area contributed by atoms with Crippen molar-refractivity contribution in [2.24, 2.45) is 5.92 Å². The Morgan fingerprint density at radius 3 is 2.49 bits per heavy atom. The van der Waals surface area contributed by atoms with Crippen LogP contribution in [0.25, 0.3) is 22.7 Å². The summed E-state index contributed by atoms with van der Waals surface area (Å²) in [5.74, 6) is -0.509. The second-order valence-corrected chi connectivity index (χ2v) is 9.43. The largest absolute Gasteiger partial charge is 0.475 e. The summed E-state index contributed by atoms with van der Waals surface area (Å²) in [5.41, 5.74) is 1.96. The van der Waals surface area contributed by atoms with Crippen LogP contribution < -0.4 is 5.32 Å². The lowest BCUT2D eigenvalue weighted by atomic mass is 9.80. The predicted octanol–water partition coefficient (Wildman–Crippen LogP) is 5.56. The molecule has 4 aromatic rings. The summed E-state index contributed by atoms with van der Waals surface area (Å²) in [4.78, 5) is 29.4. The first-order valence-electron chi connectivity index (χ1n) is 12.0. The number of nitrogens with zero attached hydrogens (tertiary/aromatic N) is 5. The number of aromatic nitrogens is 5. The Bertz CT molecular complexity index is 1460. The number of aryl methyl sites for hydroxylation is 1. The molecule has 0 spiro atoms. The third kappa shape index (κ3) is 4.98. The van der Waals surface area contributed by atoms with E-state index in [-0.39, 0.29) is 18.2 Å². The topological polar surface area (TPSA) is 106 Å². The fraction of sp³-hybridized carbons (Fsp3) is 0.346. The number of halogens is 3. The Labute approximate surface area is 210 Å². The maximum Gasteiger partial charge on any atom is 0.416 e. The smallest absolute Gasteiger partial charge is 0.416 e. The zero-order chi connectivity index (χ0) is 26.3. The number of benzene rings is 1. The van der Waals surface area contributed by atoms with Gasteiger partial charge in [0.1, 0.15) is 11.2 Å². The van der Waals surface area contributed by atoms with Gasteiger partial charge < -0.3 is 15.0 Å². The monoisotopic (exact) mass is 510 g/mol. The summed E-state index contributed by atoms with van der Waals surface area (Å²) in [6, 6.07) is 8.61. The Hall–Kier alpha value is -4.02. The molecule has 0 radical (unpaired) electrons. The van der Waals surface area contributed by atoms with E-state index in [9.17, 15) is 23.1 Å². The quantitative estimate of drug-likeness (QED) is 0.335. The molecular formula is C26H25F3N6O2. The van der Waals surface area contributed by atoms with Crippen LogP contribution in [-0.4, -0.2) is 41.6 Å². The zero-order valence-electron chi connectivity index (χ0n) is 20.3. The highest BCUT2D eigenvalue weighted by Gasteiger charge is 2.30. The van der Waals surface area contributed by atoms with Crippen LogP contribution in [0.3, 0.4) is 0 Å². The number of rotatable bonds is 7. The molecular weight excluding hydrogens is 485 g/mol. The van der Waals surface area contributed by atoms with E-state index in [2.05, 4.69) is 25.3 Å². The van der Waals surface area contributed by atoms with E-state index in [1.54, 1.807) is 10.8 Å². The van der Waals surface area contributed by atoms with Gasteiger partial charge >= 0.3 is 12.1 Å². The molecule has 3 heterocycles. The van der Waals surface area contributed by atoms with Crippen LogP contribution in [0.1, 0.15) is 53.5 Å². The summed E-state index contributed by atoms with van der Waals surface area (Å²) >= 11 is 0. The van der Waals surface area contributed by atoms with Crippen molar-refractivity contribution in [2.45, 2.75) is 51.9 Å². The third-order valence-corrected chi connectivity index (χ3v) is 6.78. The summed E-state index contributed by atoms with van der Waals surface area (Å²) in [6.07, 6.45) is 0.478. The molecule has 1 atom stereocenters. The van der Waals surface area contributed by atoms with E-state index in [1.165, 1.54) is 12.1 Å². The number of nitrogens with one attached hydrogen (secondary N) is 1. The molecule has 1 aliphatic rings. The molecule has 1 aromatic carbocycles. The Balaban J connectivity index is 1.68. The van der Waals surface area contributed by atoms with Crippen LogP contribution in [0.5, 0.6) is 0 Å². The van der Waals surface area contributed by atoms with Gasteiger partial charge in [0.15, 0.2) is 17.3 Å². The van der Waals surface area contributed by atoms with Crippen molar-refractivity contribution in [3.8, 4) is 11.5 Å². The maximum absolute atomic E-state index is 13.1. The number of pyridine rings is 1. The van der Waals surface area contributed by atoms with Crippen LogP contribution in [0.4, 0.5) is 19.0 Å². The Morgan fingerprint density at radius 2 is 1.89 bits per heavy atom. The Kier molecular flexibility index (Phi) is 6.30. The molecule has 37 heavy (non-hydrogen) atoms. The van der Waals surface area contributed by atoms with Gasteiger partial charge in [-0.3, -0.25) is 4.98 Å². The van der Waals surface area contributed by atoms with Crippen molar-refractivity contribution in [3.63, 3.8) is 0 Å². The molecule has 0 aliphatic heterocycles. The number of carboxylic acids is 1. The SMILES string of the molecule is Cc1ccnc(-c2nc3nc(C(=O)O)nc(NC(C)C4CCC4)c3n2Cc2ccc(C(F)(F)F)cc2)c1. The fourth-order valence-corrected chi connectivity index (χ4v) is 4.50. The predicted molar refractivity (Wildman–Crippen MR) is 131 cm³/mol. The molecule has 1 fully saturated rings. The number of anilines is 1. The summed E-state index contributed by atoms with van der Waals surface area (Å²) in [6.45, 7) is 4.09. The van der Waals surface area contributed by atoms with Crippen LogP contribution in [0.2, 0.25) is 0 Å². The summed E-state index contributed by atoms with van der Waals surface area (Å²) in [7, 11) is 0. The van der Waals surface area contributed by atoms with E-state index < -0.39 is 23.5 Å². The molecule has 2 N–H and O–H groups in total. The number of imidazole rings is 1. The van der Waals surface area contributed by atoms with Crippen LogP contribution >= 0.6 is 0 Å². The van der Waals surface area contributed by atoms with Crippen molar-refractivity contribution in [1.29, 1.82) is 0 Å². The molecule has 11 heteroatoms. The first-order chi connectivity index (χ1) is 17.6. The Morgan fingerprint density at radius 1 is 1.16 bits per heavy atom. The lowest BCUT2D eigenvalue weighted by Gasteiger charge is -2.32. The van der Waals surface area contributed by atoms with Crippen molar-refractivity contribution in [2.75, 3.05) is 5.32 Å². The van der Waals surface area contributed by atoms with Crippen LogP contribution in [-0.2, 0) is 12.7 Å². The van der Waals surface area contributed by atoms with Crippen LogP contribution in [0.15, 0.2) is 42.6 Å². The van der Waals surface area contributed by atoms with Crippen molar-refractivity contribution in [1.82, 2.24) is 24.5 Å². The van der Waals surface area contributed by atoms with E-state index in [0.717, 1.165) is 37.0 Å². The third-order valence-electron chi connectivity index (χ3n) is 6.78. The van der Waals surface area contributed by atoms with E-state index >= 15 is 0 Å². The number of carbonyl (C=O) groups is 1. The normalized spacial score (nSPS) is 14.9. The lowest BCUT2D eigenvalue weighted by molar-refractivity contribution is -0.137. The highest BCUT2D eigenvalue weighted by Crippen LogP contribution is 2.34. The number of carboxylic acid groups (broad SMARTS) is 1. The number of hydrogen-bond donors (Lipinski definition) is 2.